The van der Waals surface area contributed by atoms with Crippen LogP contribution in [0.2, 0.25) is 0 Å². The number of benzene rings is 1. The molecule has 0 bridgehead atoms. The summed E-state index contributed by atoms with van der Waals surface area (Å²) >= 11 is 0. The highest BCUT2D eigenvalue weighted by atomic mass is 32.2. The molecule has 1 N–H and O–H groups in total. The Balaban J connectivity index is 3.07. The number of alkyl halides is 7. The molecule has 0 spiro atoms. The zero-order valence-electron chi connectivity index (χ0n) is 13.1. The van der Waals surface area contributed by atoms with E-state index in [1.54, 1.807) is 0 Å². The van der Waals surface area contributed by atoms with Crippen LogP contribution < -0.4 is 14.2 Å². The fourth-order valence-electron chi connectivity index (χ4n) is 1.46. The Kier molecular flexibility index (Phi) is 6.96. The fraction of sp³-hybridized carbons (Fsp3) is 0.538. The summed E-state index contributed by atoms with van der Waals surface area (Å²) in [5.74, 6) is -6.04. The summed E-state index contributed by atoms with van der Waals surface area (Å²) in [6.07, 6.45) is -8.74. The second-order valence-electron chi connectivity index (χ2n) is 4.95. The van der Waals surface area contributed by atoms with Gasteiger partial charge in [0, 0.05) is 18.2 Å². The van der Waals surface area contributed by atoms with Gasteiger partial charge in [-0.25, -0.2) is 17.2 Å². The second-order valence-corrected chi connectivity index (χ2v) is 6.96. The van der Waals surface area contributed by atoms with E-state index in [9.17, 15) is 39.2 Å². The Hall–Kier alpha value is -1.92. The molecule has 0 aliphatic carbocycles. The molecule has 0 aliphatic rings. The van der Waals surface area contributed by atoms with Crippen molar-refractivity contribution in [1.29, 1.82) is 0 Å². The number of hydrogen-bond donors (Lipinski definition) is 1. The number of nitrogens with one attached hydrogen (secondary N) is 1. The van der Waals surface area contributed by atoms with Gasteiger partial charge in [0.25, 0.3) is 0 Å². The van der Waals surface area contributed by atoms with Crippen LogP contribution in [0.5, 0.6) is 11.5 Å². The van der Waals surface area contributed by atoms with Gasteiger partial charge in [-0.2, -0.15) is 22.0 Å². The monoisotopic (exact) mass is 413 g/mol. The van der Waals surface area contributed by atoms with Crippen molar-refractivity contribution in [2.45, 2.75) is 25.4 Å². The zero-order chi connectivity index (χ0) is 20.2. The maximum Gasteiger partial charge on any atom is 0.422 e. The van der Waals surface area contributed by atoms with Crippen molar-refractivity contribution in [3.63, 3.8) is 0 Å². The number of halogens is 7. The van der Waals surface area contributed by atoms with Crippen molar-refractivity contribution in [2.75, 3.05) is 23.7 Å². The molecule has 0 fully saturated rings. The van der Waals surface area contributed by atoms with Crippen LogP contribution in [0.3, 0.4) is 0 Å². The number of rotatable bonds is 9. The van der Waals surface area contributed by atoms with Crippen molar-refractivity contribution in [2.24, 2.45) is 0 Å². The number of anilines is 1. The predicted molar refractivity (Wildman–Crippen MR) is 77.5 cm³/mol. The molecule has 0 unspecified atom stereocenters. The summed E-state index contributed by atoms with van der Waals surface area (Å²) in [5.41, 5.74) is -0.345. The molecule has 1 aromatic carbocycles. The van der Waals surface area contributed by atoms with E-state index < -0.39 is 53.3 Å². The molecule has 1 aromatic rings. The Labute approximate surface area is 144 Å². The van der Waals surface area contributed by atoms with Gasteiger partial charge in [0.2, 0.25) is 10.0 Å². The summed E-state index contributed by atoms with van der Waals surface area (Å²) < 4.78 is 121. The van der Waals surface area contributed by atoms with E-state index >= 15 is 0 Å². The molecule has 150 valence electrons. The number of hydrogen-bond acceptors (Lipinski definition) is 4. The molecule has 0 atom stereocenters. The molecule has 0 aliphatic heterocycles. The van der Waals surface area contributed by atoms with E-state index in [2.05, 4.69) is 9.47 Å². The molecule has 0 aromatic heterocycles. The van der Waals surface area contributed by atoms with Gasteiger partial charge >= 0.3 is 18.5 Å². The molecule has 26 heavy (non-hydrogen) atoms. The van der Waals surface area contributed by atoms with E-state index in [-0.39, 0.29) is 11.4 Å². The summed E-state index contributed by atoms with van der Waals surface area (Å²) in [6, 6.07) is 2.43. The average molecular weight is 413 g/mol. The van der Waals surface area contributed by atoms with Crippen molar-refractivity contribution < 1.29 is 48.6 Å². The van der Waals surface area contributed by atoms with E-state index in [0.29, 0.717) is 0 Å². The Morgan fingerprint density at radius 1 is 1.00 bits per heavy atom. The van der Waals surface area contributed by atoms with Crippen molar-refractivity contribution >= 4 is 15.7 Å². The molecule has 0 heterocycles. The fourth-order valence-corrected chi connectivity index (χ4v) is 2.08. The van der Waals surface area contributed by atoms with Gasteiger partial charge in [0.15, 0.2) is 13.2 Å². The highest BCUT2D eigenvalue weighted by Gasteiger charge is 2.41. The molecule has 0 radical (unpaired) electrons. The zero-order valence-corrected chi connectivity index (χ0v) is 13.9. The Morgan fingerprint density at radius 3 is 1.92 bits per heavy atom. The molecular weight excluding hydrogens is 399 g/mol. The molecule has 5 nitrogen and oxygen atoms in total. The van der Waals surface area contributed by atoms with E-state index in [0.717, 1.165) is 18.2 Å². The van der Waals surface area contributed by atoms with Crippen LogP contribution >= 0.6 is 0 Å². The van der Waals surface area contributed by atoms with Gasteiger partial charge in [0.1, 0.15) is 11.5 Å². The molecule has 0 saturated carbocycles. The average Bonchev–Trinajstić information content (AvgIpc) is 2.50. The first-order chi connectivity index (χ1) is 11.7. The van der Waals surface area contributed by atoms with Gasteiger partial charge in [-0.3, -0.25) is 4.72 Å². The van der Waals surface area contributed by atoms with Crippen LogP contribution in [0.25, 0.3) is 0 Å². The topological polar surface area (TPSA) is 64.6 Å². The lowest BCUT2D eigenvalue weighted by molar-refractivity contribution is -0.153. The summed E-state index contributed by atoms with van der Waals surface area (Å²) in [5, 5.41) is 0. The highest BCUT2D eigenvalue weighted by molar-refractivity contribution is 7.92. The minimum atomic E-state index is -4.72. The third-order valence-corrected chi connectivity index (χ3v) is 3.99. The van der Waals surface area contributed by atoms with Gasteiger partial charge < -0.3 is 9.47 Å². The Bertz CT molecular complexity index is 707. The Morgan fingerprint density at radius 2 is 1.50 bits per heavy atom. The number of sulfonamides is 1. The molecule has 0 amide bonds. The first-order valence-electron chi connectivity index (χ1n) is 6.88. The second kappa shape index (κ2) is 8.18. The van der Waals surface area contributed by atoms with Crippen molar-refractivity contribution in [3.05, 3.63) is 18.2 Å². The van der Waals surface area contributed by atoms with E-state index in [1.807, 2.05) is 4.72 Å². The van der Waals surface area contributed by atoms with E-state index in [1.165, 1.54) is 6.92 Å². The lowest BCUT2D eigenvalue weighted by Gasteiger charge is -2.18. The first kappa shape index (κ1) is 22.1. The van der Waals surface area contributed by atoms with Crippen LogP contribution in [-0.4, -0.2) is 45.9 Å². The standard InChI is InChI=1S/C13H14F7NO4S/c1-2-26(22,23)21-8-3-9(24-6-12(16,17)11(14)15)5-10(4-8)25-7-13(18,19)20/h3-5,11,21H,2,6-7H2,1H3. The van der Waals surface area contributed by atoms with Crippen LogP contribution in [0.15, 0.2) is 18.2 Å². The van der Waals surface area contributed by atoms with Crippen LogP contribution in [0.1, 0.15) is 6.92 Å². The van der Waals surface area contributed by atoms with E-state index in [4.69, 9.17) is 0 Å². The highest BCUT2D eigenvalue weighted by Crippen LogP contribution is 2.30. The summed E-state index contributed by atoms with van der Waals surface area (Å²) in [4.78, 5) is 0. The molecular formula is C13H14F7NO4S. The van der Waals surface area contributed by atoms with Crippen LogP contribution in [-0.2, 0) is 10.0 Å². The van der Waals surface area contributed by atoms with Crippen molar-refractivity contribution in [1.82, 2.24) is 0 Å². The lowest BCUT2D eigenvalue weighted by atomic mass is 10.3. The van der Waals surface area contributed by atoms with Crippen LogP contribution in [0, 0.1) is 0 Å². The molecule has 1 rings (SSSR count). The third kappa shape index (κ3) is 7.54. The minimum absolute atomic E-state index is 0.345. The SMILES string of the molecule is CCS(=O)(=O)Nc1cc(OCC(F)(F)F)cc(OCC(F)(F)C(F)F)c1. The lowest BCUT2D eigenvalue weighted by Crippen LogP contribution is -2.33. The van der Waals surface area contributed by atoms with Gasteiger partial charge in [-0.05, 0) is 6.92 Å². The maximum absolute atomic E-state index is 12.9. The maximum atomic E-state index is 12.9. The van der Waals surface area contributed by atoms with Gasteiger partial charge in [0.05, 0.1) is 11.4 Å². The van der Waals surface area contributed by atoms with Crippen molar-refractivity contribution in [3.8, 4) is 11.5 Å². The van der Waals surface area contributed by atoms with Gasteiger partial charge in [-0.1, -0.05) is 0 Å². The number of ether oxygens (including phenoxy) is 2. The van der Waals surface area contributed by atoms with Crippen LogP contribution in [0.4, 0.5) is 36.4 Å². The van der Waals surface area contributed by atoms with Gasteiger partial charge in [-0.15, -0.1) is 0 Å². The minimum Gasteiger partial charge on any atom is -0.487 e. The smallest absolute Gasteiger partial charge is 0.422 e. The molecule has 0 saturated heterocycles. The summed E-state index contributed by atoms with van der Waals surface area (Å²) in [7, 11) is -3.86. The first-order valence-corrected chi connectivity index (χ1v) is 8.53. The normalized spacial score (nSPS) is 13.0. The third-order valence-electron chi connectivity index (χ3n) is 2.69. The molecule has 13 heteroatoms. The largest absolute Gasteiger partial charge is 0.487 e. The summed E-state index contributed by atoms with van der Waals surface area (Å²) in [6.45, 7) is -2.25. The predicted octanol–water partition coefficient (Wildman–Crippen LogP) is 3.67. The quantitative estimate of drug-likeness (QED) is 0.628.